The van der Waals surface area contributed by atoms with Gasteiger partial charge in [-0.3, -0.25) is 0 Å². The Kier molecular flexibility index (Phi) is 4.88. The molecule has 1 aromatic heterocycles. The summed E-state index contributed by atoms with van der Waals surface area (Å²) in [6.45, 7) is 2.58. The molecule has 0 unspecified atom stereocenters. The van der Waals surface area contributed by atoms with Crippen LogP contribution in [-0.4, -0.2) is 6.98 Å². The van der Waals surface area contributed by atoms with Gasteiger partial charge in [0.1, 0.15) is 11.2 Å². The van der Waals surface area contributed by atoms with Crippen LogP contribution in [-0.2, 0) is 6.42 Å². The fraction of sp³-hybridized carbons (Fsp3) is 0.158. The zero-order valence-corrected chi connectivity index (χ0v) is 14.1. The summed E-state index contributed by atoms with van der Waals surface area (Å²) in [7, 11) is 0. The van der Waals surface area contributed by atoms with E-state index >= 15 is 0 Å². The maximum atomic E-state index is 9.19. The van der Waals surface area contributed by atoms with Crippen LogP contribution in [0.4, 0.5) is 0 Å². The Labute approximate surface area is 145 Å². The van der Waals surface area contributed by atoms with Crippen LogP contribution in [0, 0.1) is 9.81 Å². The third kappa shape index (κ3) is 3.28. The molecule has 0 N–H and O–H groups in total. The number of nitrogens with zero attached hydrogens (tertiary/aromatic N) is 2. The van der Waals surface area contributed by atoms with Gasteiger partial charge in [-0.05, 0) is 41.7 Å². The Hall–Kier alpha value is -3.02. The molecule has 4 rings (SSSR count). The molecule has 4 aromatic rings. The number of hydrogen-bond acceptors (Lipinski definition) is 5. The molecule has 0 saturated carbocycles. The topological polar surface area (TPSA) is 72.0 Å². The van der Waals surface area contributed by atoms with E-state index in [4.69, 9.17) is 4.42 Å². The first-order valence-corrected chi connectivity index (χ1v) is 8.15. The van der Waals surface area contributed by atoms with Crippen molar-refractivity contribution in [3.8, 4) is 0 Å². The summed E-state index contributed by atoms with van der Waals surface area (Å²) < 4.78 is 5.92. The van der Waals surface area contributed by atoms with E-state index in [1.54, 1.807) is 0 Å². The fourth-order valence-electron chi connectivity index (χ4n) is 2.84. The maximum absolute atomic E-state index is 9.19. The number of benzene rings is 3. The molecule has 0 bridgehead atoms. The third-order valence-electron chi connectivity index (χ3n) is 4.14. The van der Waals surface area contributed by atoms with E-state index in [0.29, 0.717) is 0 Å². The highest BCUT2D eigenvalue weighted by Gasteiger charge is 2.09. The second-order valence-electron chi connectivity index (χ2n) is 5.79. The molecular weight excluding hydrogens is 315 g/mol. The molecule has 3 aromatic carbocycles. The molecule has 124 valence electrons. The summed E-state index contributed by atoms with van der Waals surface area (Å²) in [5, 5.41) is 9.56. The molecule has 0 atom stereocenters. The van der Waals surface area contributed by atoms with Gasteiger partial charge in [-0.1, -0.05) is 49.4 Å². The lowest BCUT2D eigenvalue weighted by molar-refractivity contribution is 0.669. The standard InChI is InChI=1S/C18H14O.CH3BN2O2/c1-2-12-7-9-14-13(11-12)8-10-17-18(14)15-5-3-4-6-16(15)19-17;1-2(3-5)4-6/h3-11H,2H2,1H3;1H3. The van der Waals surface area contributed by atoms with Crippen LogP contribution in [0.15, 0.2) is 69.2 Å². The van der Waals surface area contributed by atoms with Crippen LogP contribution in [0.1, 0.15) is 12.5 Å². The van der Waals surface area contributed by atoms with Crippen LogP contribution in [0.5, 0.6) is 0 Å². The van der Waals surface area contributed by atoms with Crippen LogP contribution in [0.2, 0.25) is 6.82 Å². The second kappa shape index (κ2) is 7.26. The second-order valence-corrected chi connectivity index (χ2v) is 5.79. The van der Waals surface area contributed by atoms with Crippen molar-refractivity contribution in [2.24, 2.45) is 10.2 Å². The highest BCUT2D eigenvalue weighted by atomic mass is 16.3. The van der Waals surface area contributed by atoms with Crippen molar-refractivity contribution in [3.63, 3.8) is 0 Å². The molecule has 0 aliphatic carbocycles. The first-order valence-electron chi connectivity index (χ1n) is 8.15. The minimum atomic E-state index is -0.926. The van der Waals surface area contributed by atoms with Crippen molar-refractivity contribution in [2.75, 3.05) is 0 Å². The Morgan fingerprint density at radius 2 is 1.68 bits per heavy atom. The third-order valence-corrected chi connectivity index (χ3v) is 4.14. The Balaban J connectivity index is 0.000000265. The zero-order chi connectivity index (χ0) is 17.8. The lowest BCUT2D eigenvalue weighted by atomic mass is 9.86. The molecule has 5 nitrogen and oxygen atoms in total. The smallest absolute Gasteiger partial charge is 0.456 e. The van der Waals surface area contributed by atoms with Gasteiger partial charge in [-0.15, -0.1) is 10.2 Å². The van der Waals surface area contributed by atoms with E-state index in [-0.39, 0.29) is 0 Å². The molecule has 0 aliphatic heterocycles. The lowest BCUT2D eigenvalue weighted by Gasteiger charge is -2.02. The van der Waals surface area contributed by atoms with Crippen molar-refractivity contribution in [3.05, 3.63) is 70.0 Å². The van der Waals surface area contributed by atoms with E-state index in [1.807, 2.05) is 12.1 Å². The summed E-state index contributed by atoms with van der Waals surface area (Å²) >= 11 is 0. The highest BCUT2D eigenvalue weighted by Crippen LogP contribution is 2.34. The molecule has 0 aliphatic rings. The minimum absolute atomic E-state index is 0.926. The van der Waals surface area contributed by atoms with Crippen molar-refractivity contribution >= 4 is 39.7 Å². The van der Waals surface area contributed by atoms with E-state index in [9.17, 15) is 9.81 Å². The fourth-order valence-corrected chi connectivity index (χ4v) is 2.84. The minimum Gasteiger partial charge on any atom is -0.456 e. The molecule has 0 saturated heterocycles. The summed E-state index contributed by atoms with van der Waals surface area (Å²) in [6, 6.07) is 19.2. The number of fused-ring (bicyclic) bond motifs is 5. The predicted molar refractivity (Wildman–Crippen MR) is 104 cm³/mol. The van der Waals surface area contributed by atoms with Crippen molar-refractivity contribution in [2.45, 2.75) is 20.2 Å². The Morgan fingerprint density at radius 1 is 0.920 bits per heavy atom. The average molecular weight is 332 g/mol. The molecule has 0 amide bonds. The van der Waals surface area contributed by atoms with Crippen LogP contribution in [0.25, 0.3) is 32.7 Å². The first-order chi connectivity index (χ1) is 12.2. The number of nitroso groups, excluding NO2 is 2. The van der Waals surface area contributed by atoms with Crippen molar-refractivity contribution in [1.29, 1.82) is 0 Å². The molecule has 6 heteroatoms. The van der Waals surface area contributed by atoms with Gasteiger partial charge >= 0.3 is 6.98 Å². The maximum Gasteiger partial charge on any atom is 0.514 e. The number of rotatable bonds is 3. The number of aryl methyl sites for hydroxylation is 1. The molecule has 0 fully saturated rings. The van der Waals surface area contributed by atoms with Gasteiger partial charge in [0.25, 0.3) is 0 Å². The van der Waals surface area contributed by atoms with E-state index in [1.165, 1.54) is 33.9 Å². The zero-order valence-electron chi connectivity index (χ0n) is 14.1. The van der Waals surface area contributed by atoms with Crippen molar-refractivity contribution < 1.29 is 4.42 Å². The number of para-hydroxylation sites is 1. The van der Waals surface area contributed by atoms with E-state index in [0.717, 1.165) is 17.6 Å². The number of hydrogen-bond donors (Lipinski definition) is 0. The van der Waals surface area contributed by atoms with E-state index < -0.39 is 6.98 Å². The normalized spacial score (nSPS) is 10.5. The summed E-state index contributed by atoms with van der Waals surface area (Å²) in [4.78, 5) is 18.4. The quantitative estimate of drug-likeness (QED) is 0.344. The van der Waals surface area contributed by atoms with Crippen LogP contribution < -0.4 is 0 Å². The first kappa shape index (κ1) is 16.8. The highest BCUT2D eigenvalue weighted by molar-refractivity contribution is 6.52. The van der Waals surface area contributed by atoms with E-state index in [2.05, 4.69) is 59.6 Å². The van der Waals surface area contributed by atoms with Gasteiger partial charge in [0.2, 0.25) is 0 Å². The summed E-state index contributed by atoms with van der Waals surface area (Å²) in [5.41, 5.74) is 3.31. The van der Waals surface area contributed by atoms with Crippen LogP contribution in [0.3, 0.4) is 0 Å². The monoisotopic (exact) mass is 332 g/mol. The van der Waals surface area contributed by atoms with Gasteiger partial charge in [-0.2, -0.15) is 9.81 Å². The average Bonchev–Trinajstić information content (AvgIpc) is 3.06. The van der Waals surface area contributed by atoms with Gasteiger partial charge < -0.3 is 4.42 Å². The van der Waals surface area contributed by atoms with Gasteiger partial charge in [0, 0.05) is 10.8 Å². The lowest BCUT2D eigenvalue weighted by Crippen LogP contribution is -1.93. The van der Waals surface area contributed by atoms with Gasteiger partial charge in [0.05, 0.1) is 0 Å². The summed E-state index contributed by atoms with van der Waals surface area (Å²) in [6.07, 6.45) is 1.07. The molecule has 0 spiro atoms. The molecular formula is C19H17BN2O3. The largest absolute Gasteiger partial charge is 0.514 e. The SMILES string of the molecule is CB(N=O)N=O.CCc1ccc2c(ccc3oc4ccccc4c32)c1. The summed E-state index contributed by atoms with van der Waals surface area (Å²) in [5.74, 6) is 0. The number of furan rings is 1. The van der Waals surface area contributed by atoms with Crippen LogP contribution >= 0.6 is 0 Å². The van der Waals surface area contributed by atoms with Gasteiger partial charge in [0.15, 0.2) is 0 Å². The molecule has 25 heavy (non-hydrogen) atoms. The van der Waals surface area contributed by atoms with Crippen molar-refractivity contribution in [1.82, 2.24) is 0 Å². The predicted octanol–water partition coefficient (Wildman–Crippen LogP) is 5.94. The molecule has 0 radical (unpaired) electrons. The Morgan fingerprint density at radius 3 is 2.36 bits per heavy atom. The molecule has 1 heterocycles. The Bertz CT molecular complexity index is 1050. The van der Waals surface area contributed by atoms with Gasteiger partial charge in [-0.25, -0.2) is 0 Å².